The van der Waals surface area contributed by atoms with E-state index in [4.69, 9.17) is 32.9 Å². The van der Waals surface area contributed by atoms with Gasteiger partial charge < -0.3 is 10.5 Å². The molecule has 0 atom stereocenters. The van der Waals surface area contributed by atoms with Gasteiger partial charge in [0, 0.05) is 11.9 Å². The minimum absolute atomic E-state index is 0.210. The molecule has 0 spiro atoms. The zero-order chi connectivity index (χ0) is 15.7. The van der Waals surface area contributed by atoms with Crippen molar-refractivity contribution in [1.82, 2.24) is 4.57 Å². The largest absolute Gasteiger partial charge is 0.479 e. The number of benzene rings is 1. The molecular formula is C16H17ClN4O. The molecule has 0 saturated heterocycles. The highest BCUT2D eigenvalue weighted by Gasteiger charge is 2.45. The molecule has 1 heterocycles. The molecule has 1 aliphatic carbocycles. The summed E-state index contributed by atoms with van der Waals surface area (Å²) in [7, 11) is 0. The average molecular weight is 317 g/mol. The first-order chi connectivity index (χ1) is 10.5. The van der Waals surface area contributed by atoms with Crippen molar-refractivity contribution in [1.29, 1.82) is 10.8 Å². The van der Waals surface area contributed by atoms with Gasteiger partial charge in [-0.1, -0.05) is 11.6 Å². The predicted molar refractivity (Wildman–Crippen MR) is 86.5 cm³/mol. The van der Waals surface area contributed by atoms with Crippen molar-refractivity contribution in [2.75, 3.05) is 5.73 Å². The van der Waals surface area contributed by atoms with Gasteiger partial charge in [0.25, 0.3) is 0 Å². The molecule has 4 N–H and O–H groups in total. The van der Waals surface area contributed by atoms with E-state index in [-0.39, 0.29) is 11.3 Å². The lowest BCUT2D eigenvalue weighted by atomic mass is 9.78. The standard InChI is InChI=1S/C16H17ClN4O/c17-11-2-7-14(19)21(10-11)15(20)16(8-1-9-16)22-13-5-3-12(18)4-6-13/h2-7,10,19-20H,1,8-9,18H2. The van der Waals surface area contributed by atoms with E-state index in [1.807, 2.05) is 0 Å². The summed E-state index contributed by atoms with van der Waals surface area (Å²) in [5, 5.41) is 17.0. The van der Waals surface area contributed by atoms with Crippen molar-refractivity contribution < 1.29 is 4.74 Å². The fourth-order valence-electron chi connectivity index (χ4n) is 2.53. The summed E-state index contributed by atoms with van der Waals surface area (Å²) in [6.07, 6.45) is 4.06. The van der Waals surface area contributed by atoms with Gasteiger partial charge in [-0.05, 0) is 55.7 Å². The van der Waals surface area contributed by atoms with E-state index in [1.54, 1.807) is 42.6 Å². The minimum atomic E-state index is -0.707. The van der Waals surface area contributed by atoms with E-state index in [0.29, 0.717) is 16.5 Å². The molecule has 2 aromatic rings. The normalized spacial score (nSPS) is 15.9. The Hall–Kier alpha value is -2.27. The maximum atomic E-state index is 8.50. The molecule has 1 fully saturated rings. The molecule has 1 saturated carbocycles. The van der Waals surface area contributed by atoms with Crippen LogP contribution >= 0.6 is 11.6 Å². The predicted octanol–water partition coefficient (Wildman–Crippen LogP) is 3.03. The Morgan fingerprint density at radius 2 is 1.86 bits per heavy atom. The number of hydrogen-bond donors (Lipinski definition) is 3. The average Bonchev–Trinajstić information content (AvgIpc) is 2.47. The number of aromatic nitrogens is 1. The van der Waals surface area contributed by atoms with Gasteiger partial charge in [0.05, 0.1) is 5.02 Å². The second-order valence-electron chi connectivity index (χ2n) is 5.47. The highest BCUT2D eigenvalue weighted by Crippen LogP contribution is 2.38. The van der Waals surface area contributed by atoms with Gasteiger partial charge in [0.1, 0.15) is 11.2 Å². The fourth-order valence-corrected chi connectivity index (χ4v) is 2.69. The van der Waals surface area contributed by atoms with Crippen LogP contribution in [-0.4, -0.2) is 16.0 Å². The van der Waals surface area contributed by atoms with Crippen LogP contribution in [0.3, 0.4) is 0 Å². The number of nitrogens with one attached hydrogen (secondary N) is 2. The lowest BCUT2D eigenvalue weighted by molar-refractivity contribution is 0.0557. The molecule has 0 bridgehead atoms. The van der Waals surface area contributed by atoms with Crippen molar-refractivity contribution in [2.45, 2.75) is 24.9 Å². The number of hydrogen-bond acceptors (Lipinski definition) is 4. The topological polar surface area (TPSA) is 87.9 Å². The Morgan fingerprint density at radius 1 is 1.18 bits per heavy atom. The molecule has 1 aliphatic rings. The molecule has 3 rings (SSSR count). The Labute approximate surface area is 133 Å². The van der Waals surface area contributed by atoms with E-state index in [2.05, 4.69) is 0 Å². The third kappa shape index (κ3) is 2.60. The zero-order valence-corrected chi connectivity index (χ0v) is 12.7. The van der Waals surface area contributed by atoms with Crippen molar-refractivity contribution >= 4 is 23.1 Å². The van der Waals surface area contributed by atoms with Crippen LogP contribution < -0.4 is 16.0 Å². The maximum absolute atomic E-state index is 8.50. The molecule has 0 aliphatic heterocycles. The van der Waals surface area contributed by atoms with Gasteiger partial charge in [-0.25, -0.2) is 0 Å². The van der Waals surface area contributed by atoms with E-state index in [0.717, 1.165) is 19.3 Å². The monoisotopic (exact) mass is 316 g/mol. The number of pyridine rings is 1. The summed E-state index contributed by atoms with van der Waals surface area (Å²) in [4.78, 5) is 0. The molecule has 0 radical (unpaired) electrons. The highest BCUT2D eigenvalue weighted by molar-refractivity contribution is 6.30. The van der Waals surface area contributed by atoms with Crippen molar-refractivity contribution in [2.24, 2.45) is 0 Å². The molecular weight excluding hydrogens is 300 g/mol. The van der Waals surface area contributed by atoms with Crippen molar-refractivity contribution in [3.63, 3.8) is 0 Å². The number of halogens is 1. The van der Waals surface area contributed by atoms with Crippen LogP contribution in [-0.2, 0) is 0 Å². The van der Waals surface area contributed by atoms with Gasteiger partial charge in [0.2, 0.25) is 0 Å². The number of nitrogens with zero attached hydrogens (tertiary/aromatic N) is 1. The molecule has 1 aromatic carbocycles. The van der Waals surface area contributed by atoms with Crippen molar-refractivity contribution in [3.8, 4) is 5.75 Å². The first kappa shape index (κ1) is 14.7. The van der Waals surface area contributed by atoms with Crippen molar-refractivity contribution in [3.05, 3.63) is 53.1 Å². The molecule has 22 heavy (non-hydrogen) atoms. The molecule has 0 amide bonds. The van der Waals surface area contributed by atoms with Crippen LogP contribution in [0, 0.1) is 10.8 Å². The van der Waals surface area contributed by atoms with E-state index < -0.39 is 5.60 Å². The van der Waals surface area contributed by atoms with Crippen LogP contribution in [0.1, 0.15) is 19.3 Å². The Bertz CT molecular complexity index is 762. The number of rotatable bonds is 3. The molecule has 114 valence electrons. The van der Waals surface area contributed by atoms with Gasteiger partial charge in [-0.15, -0.1) is 0 Å². The van der Waals surface area contributed by atoms with Gasteiger partial charge >= 0.3 is 0 Å². The number of ether oxygens (including phenoxy) is 1. The maximum Gasteiger partial charge on any atom is 0.166 e. The quantitative estimate of drug-likeness (QED) is 0.461. The lowest BCUT2D eigenvalue weighted by Gasteiger charge is -2.42. The third-order valence-electron chi connectivity index (χ3n) is 3.94. The second kappa shape index (κ2) is 5.50. The minimum Gasteiger partial charge on any atom is -0.479 e. The van der Waals surface area contributed by atoms with E-state index in [1.165, 1.54) is 4.57 Å². The first-order valence-corrected chi connectivity index (χ1v) is 7.45. The lowest BCUT2D eigenvalue weighted by Crippen LogP contribution is -2.54. The van der Waals surface area contributed by atoms with Gasteiger partial charge in [-0.2, -0.15) is 0 Å². The smallest absolute Gasteiger partial charge is 0.166 e. The number of nitrogen functional groups attached to an aromatic ring is 1. The Morgan fingerprint density at radius 3 is 2.45 bits per heavy atom. The van der Waals surface area contributed by atoms with Gasteiger partial charge in [0.15, 0.2) is 11.4 Å². The summed E-state index contributed by atoms with van der Waals surface area (Å²) in [6.45, 7) is 0. The third-order valence-corrected chi connectivity index (χ3v) is 4.16. The number of nitrogens with two attached hydrogens (primary N) is 1. The summed E-state index contributed by atoms with van der Waals surface area (Å²) in [5.41, 5.74) is 5.85. The Kier molecular flexibility index (Phi) is 3.66. The first-order valence-electron chi connectivity index (χ1n) is 7.07. The van der Waals surface area contributed by atoms with E-state index >= 15 is 0 Å². The van der Waals surface area contributed by atoms with Crippen LogP contribution in [0.4, 0.5) is 5.69 Å². The molecule has 1 aromatic heterocycles. The highest BCUT2D eigenvalue weighted by atomic mass is 35.5. The summed E-state index contributed by atoms with van der Waals surface area (Å²) < 4.78 is 7.55. The van der Waals surface area contributed by atoms with Crippen LogP contribution in [0.2, 0.25) is 5.02 Å². The fraction of sp³-hybridized carbons (Fsp3) is 0.250. The zero-order valence-electron chi connectivity index (χ0n) is 12.0. The molecule has 5 nitrogen and oxygen atoms in total. The van der Waals surface area contributed by atoms with Crippen LogP contribution in [0.25, 0.3) is 0 Å². The van der Waals surface area contributed by atoms with Gasteiger partial charge in [-0.3, -0.25) is 15.4 Å². The summed E-state index contributed by atoms with van der Waals surface area (Å²) in [5.74, 6) is 0.913. The molecule has 6 heteroatoms. The summed E-state index contributed by atoms with van der Waals surface area (Å²) >= 11 is 5.99. The SMILES string of the molecule is N=C(n1cc(Cl)ccc1=N)C1(Oc2ccc(N)cc2)CCC1. The van der Waals surface area contributed by atoms with Crippen LogP contribution in [0.15, 0.2) is 42.6 Å². The molecule has 0 unspecified atom stereocenters. The Balaban J connectivity index is 1.92. The van der Waals surface area contributed by atoms with Crippen LogP contribution in [0.5, 0.6) is 5.75 Å². The van der Waals surface area contributed by atoms with E-state index in [9.17, 15) is 0 Å². The second-order valence-corrected chi connectivity index (χ2v) is 5.91. The summed E-state index contributed by atoms with van der Waals surface area (Å²) in [6, 6.07) is 10.4. The number of anilines is 1.